The lowest BCUT2D eigenvalue weighted by Gasteiger charge is -2.34. The molecule has 1 aliphatic carbocycles. The minimum atomic E-state index is -3.92. The van der Waals surface area contributed by atoms with E-state index >= 15 is 0 Å². The fraction of sp³-hybridized carbons (Fsp3) is 0.632. The molecule has 1 heterocycles. The molecule has 1 aromatic carbocycles. The fourth-order valence-corrected chi connectivity index (χ4v) is 5.76. The second-order valence-electron chi connectivity index (χ2n) is 8.60. The van der Waals surface area contributed by atoms with Gasteiger partial charge in [0.15, 0.2) is 0 Å². The van der Waals surface area contributed by atoms with Crippen LogP contribution in [0.4, 0.5) is 11.4 Å². The maximum atomic E-state index is 13.1. The molecule has 0 aromatic heterocycles. The smallest absolute Gasteiger partial charge is 0.270 e. The van der Waals surface area contributed by atoms with E-state index in [4.69, 9.17) is 4.74 Å². The van der Waals surface area contributed by atoms with Gasteiger partial charge in [-0.1, -0.05) is 20.8 Å². The van der Waals surface area contributed by atoms with Crippen LogP contribution < -0.4 is 5.43 Å². The molecule has 1 N–H and O–H groups in total. The maximum Gasteiger partial charge on any atom is 0.270 e. The molecule has 2 aliphatic rings. The van der Waals surface area contributed by atoms with Gasteiger partial charge in [-0.05, 0) is 36.7 Å². The van der Waals surface area contributed by atoms with Crippen molar-refractivity contribution in [1.29, 1.82) is 0 Å². The third-order valence-corrected chi connectivity index (χ3v) is 7.20. The highest BCUT2D eigenvalue weighted by Crippen LogP contribution is 2.37. The topological polar surface area (TPSA) is 114 Å². The highest BCUT2D eigenvalue weighted by molar-refractivity contribution is 7.89. The van der Waals surface area contributed by atoms with Crippen molar-refractivity contribution in [1.82, 2.24) is 4.31 Å². The number of nitro groups is 1. The van der Waals surface area contributed by atoms with Gasteiger partial charge in [0.05, 0.1) is 23.8 Å². The van der Waals surface area contributed by atoms with Crippen molar-refractivity contribution >= 4 is 27.1 Å². The maximum absolute atomic E-state index is 13.1. The molecular formula is C19H28N4O5S. The van der Waals surface area contributed by atoms with Gasteiger partial charge in [0.2, 0.25) is 10.0 Å². The first-order chi connectivity index (χ1) is 13.6. The lowest BCUT2D eigenvalue weighted by atomic mass is 9.72. The molecular weight excluding hydrogens is 396 g/mol. The Balaban J connectivity index is 1.94. The van der Waals surface area contributed by atoms with Gasteiger partial charge in [-0.25, -0.2) is 8.42 Å². The van der Waals surface area contributed by atoms with Crippen LogP contribution in [0.5, 0.6) is 0 Å². The third kappa shape index (κ3) is 5.12. The van der Waals surface area contributed by atoms with Crippen LogP contribution in [0.1, 0.15) is 40.0 Å². The summed E-state index contributed by atoms with van der Waals surface area (Å²) < 4.78 is 32.8. The second kappa shape index (κ2) is 8.37. The van der Waals surface area contributed by atoms with Crippen molar-refractivity contribution in [3.05, 3.63) is 28.3 Å². The van der Waals surface area contributed by atoms with E-state index in [-0.39, 0.29) is 34.8 Å². The largest absolute Gasteiger partial charge is 0.379 e. The van der Waals surface area contributed by atoms with E-state index in [1.807, 2.05) is 0 Å². The fourth-order valence-electron chi connectivity index (χ4n) is 4.20. The second-order valence-corrected chi connectivity index (χ2v) is 10.5. The van der Waals surface area contributed by atoms with E-state index in [1.165, 1.54) is 16.4 Å². The van der Waals surface area contributed by atoms with Gasteiger partial charge in [0, 0.05) is 30.9 Å². The Hall–Kier alpha value is -2.04. The molecule has 1 atom stereocenters. The molecule has 0 amide bonds. The Morgan fingerprint density at radius 3 is 2.62 bits per heavy atom. The Kier molecular flexibility index (Phi) is 6.25. The molecule has 1 unspecified atom stereocenters. The molecule has 1 saturated heterocycles. The van der Waals surface area contributed by atoms with Gasteiger partial charge in [-0.3, -0.25) is 15.5 Å². The summed E-state index contributed by atoms with van der Waals surface area (Å²) in [6, 6.07) is 3.79. The Labute approximate surface area is 171 Å². The number of hydrogen-bond acceptors (Lipinski definition) is 7. The number of hydrazone groups is 1. The standard InChI is InChI=1S/C19H28N4O5S/c1-14-10-15(13-19(2,3)12-14)20-21-17-5-4-16(23(24)25)11-18(17)29(26,27)22-6-8-28-9-7-22/h4-5,11,14,21H,6-10,12-13H2,1-3H3/b20-15+. The van der Waals surface area contributed by atoms with Crippen LogP contribution in [-0.4, -0.2) is 49.7 Å². The highest BCUT2D eigenvalue weighted by atomic mass is 32.2. The summed E-state index contributed by atoms with van der Waals surface area (Å²) in [5.74, 6) is 0.493. The predicted octanol–water partition coefficient (Wildman–Crippen LogP) is 3.23. The van der Waals surface area contributed by atoms with Gasteiger partial charge in [0.25, 0.3) is 5.69 Å². The molecule has 1 saturated carbocycles. The van der Waals surface area contributed by atoms with Crippen molar-refractivity contribution in [3.63, 3.8) is 0 Å². The van der Waals surface area contributed by atoms with Crippen LogP contribution in [0, 0.1) is 21.4 Å². The van der Waals surface area contributed by atoms with Gasteiger partial charge in [-0.15, -0.1) is 0 Å². The summed E-state index contributed by atoms with van der Waals surface area (Å²) in [7, 11) is -3.92. The molecule has 0 spiro atoms. The molecule has 1 aromatic rings. The monoisotopic (exact) mass is 424 g/mol. The molecule has 0 radical (unpaired) electrons. The lowest BCUT2D eigenvalue weighted by molar-refractivity contribution is -0.385. The van der Waals surface area contributed by atoms with E-state index in [0.29, 0.717) is 19.1 Å². The zero-order chi connectivity index (χ0) is 21.2. The molecule has 1 aliphatic heterocycles. The van der Waals surface area contributed by atoms with Crippen molar-refractivity contribution < 1.29 is 18.1 Å². The average Bonchev–Trinajstić information content (AvgIpc) is 2.65. The number of nitro benzene ring substituents is 1. The first-order valence-electron chi connectivity index (χ1n) is 9.76. The van der Waals surface area contributed by atoms with E-state index < -0.39 is 14.9 Å². The van der Waals surface area contributed by atoms with Crippen molar-refractivity contribution in [3.8, 4) is 0 Å². The van der Waals surface area contributed by atoms with E-state index in [0.717, 1.165) is 31.0 Å². The number of benzene rings is 1. The SMILES string of the molecule is CC1C/C(=N\Nc2ccc([N+](=O)[O-])cc2S(=O)(=O)N2CCOCC2)CC(C)(C)C1. The summed E-state index contributed by atoms with van der Waals surface area (Å²) in [6.45, 7) is 7.58. The average molecular weight is 425 g/mol. The van der Waals surface area contributed by atoms with Gasteiger partial charge < -0.3 is 4.74 Å². The van der Waals surface area contributed by atoms with Crippen LogP contribution in [-0.2, 0) is 14.8 Å². The van der Waals surface area contributed by atoms with Crippen LogP contribution in [0.3, 0.4) is 0 Å². The summed E-state index contributed by atoms with van der Waals surface area (Å²) in [5.41, 5.74) is 3.96. The first-order valence-corrected chi connectivity index (χ1v) is 11.2. The number of sulfonamides is 1. The quantitative estimate of drug-likeness (QED) is 0.573. The van der Waals surface area contributed by atoms with Gasteiger partial charge >= 0.3 is 0 Å². The molecule has 29 heavy (non-hydrogen) atoms. The molecule has 10 heteroatoms. The number of rotatable bonds is 5. The van der Waals surface area contributed by atoms with E-state index in [1.54, 1.807) is 0 Å². The van der Waals surface area contributed by atoms with Crippen molar-refractivity contribution in [2.75, 3.05) is 31.7 Å². The number of nitrogens with zero attached hydrogens (tertiary/aromatic N) is 3. The van der Waals surface area contributed by atoms with E-state index in [9.17, 15) is 18.5 Å². The van der Waals surface area contributed by atoms with Crippen molar-refractivity contribution in [2.45, 2.75) is 44.9 Å². The Morgan fingerprint density at radius 1 is 1.31 bits per heavy atom. The first kappa shape index (κ1) is 21.7. The summed E-state index contributed by atoms with van der Waals surface area (Å²) in [4.78, 5) is 10.5. The highest BCUT2D eigenvalue weighted by Gasteiger charge is 2.32. The number of morpholine rings is 1. The normalized spacial score (nSPS) is 24.4. The molecule has 2 fully saturated rings. The summed E-state index contributed by atoms with van der Waals surface area (Å²) >= 11 is 0. The van der Waals surface area contributed by atoms with Crippen LogP contribution in [0.2, 0.25) is 0 Å². The third-order valence-electron chi connectivity index (χ3n) is 5.27. The van der Waals surface area contributed by atoms with E-state index in [2.05, 4.69) is 31.3 Å². The number of non-ortho nitro benzene ring substituents is 1. The van der Waals surface area contributed by atoms with Gasteiger partial charge in [0.1, 0.15) is 4.90 Å². The molecule has 0 bridgehead atoms. The van der Waals surface area contributed by atoms with Crippen molar-refractivity contribution in [2.24, 2.45) is 16.4 Å². The minimum absolute atomic E-state index is 0.135. The van der Waals surface area contributed by atoms with Crippen LogP contribution in [0.15, 0.2) is 28.2 Å². The zero-order valence-electron chi connectivity index (χ0n) is 17.1. The molecule has 9 nitrogen and oxygen atoms in total. The Bertz CT molecular complexity index is 907. The number of nitrogens with one attached hydrogen (secondary N) is 1. The lowest BCUT2D eigenvalue weighted by Crippen LogP contribution is -2.40. The number of hydrogen-bond donors (Lipinski definition) is 1. The summed E-state index contributed by atoms with van der Waals surface area (Å²) in [5, 5.41) is 15.7. The predicted molar refractivity (Wildman–Crippen MR) is 111 cm³/mol. The van der Waals surface area contributed by atoms with Crippen LogP contribution in [0.25, 0.3) is 0 Å². The molecule has 160 valence electrons. The number of anilines is 1. The zero-order valence-corrected chi connectivity index (χ0v) is 17.9. The summed E-state index contributed by atoms with van der Waals surface area (Å²) in [6.07, 6.45) is 2.78. The number of ether oxygens (including phenoxy) is 1. The van der Waals surface area contributed by atoms with Gasteiger partial charge in [-0.2, -0.15) is 9.41 Å². The Morgan fingerprint density at radius 2 is 2.00 bits per heavy atom. The minimum Gasteiger partial charge on any atom is -0.379 e. The van der Waals surface area contributed by atoms with Crippen LogP contribution >= 0.6 is 0 Å². The molecule has 3 rings (SSSR count).